The molecule has 2 aliphatic rings. The van der Waals surface area contributed by atoms with Crippen LogP contribution in [0.2, 0.25) is 5.02 Å². The van der Waals surface area contributed by atoms with E-state index in [-0.39, 0.29) is 5.41 Å². The molecule has 2 fully saturated rings. The topological polar surface area (TPSA) is 46.1 Å². The van der Waals surface area contributed by atoms with Gasteiger partial charge in [0.05, 0.1) is 18.8 Å². The van der Waals surface area contributed by atoms with Gasteiger partial charge in [-0.25, -0.2) is 0 Å². The van der Waals surface area contributed by atoms with Crippen LogP contribution in [0, 0.1) is 0 Å². The molecule has 0 bridgehead atoms. The summed E-state index contributed by atoms with van der Waals surface area (Å²) < 4.78 is 11.9. The maximum Gasteiger partial charge on any atom is 0.193 e. The second-order valence-corrected chi connectivity index (χ2v) is 9.24. The highest BCUT2D eigenvalue weighted by molar-refractivity contribution is 6.30. The Morgan fingerprint density at radius 3 is 2.72 bits per heavy atom. The van der Waals surface area contributed by atoms with Crippen LogP contribution >= 0.6 is 11.6 Å². The summed E-state index contributed by atoms with van der Waals surface area (Å²) in [4.78, 5) is 6.85. The van der Waals surface area contributed by atoms with Gasteiger partial charge in [0.1, 0.15) is 0 Å². The average Bonchev–Trinajstić information content (AvgIpc) is 2.74. The lowest BCUT2D eigenvalue weighted by molar-refractivity contribution is -0.0721. The van der Waals surface area contributed by atoms with Crippen molar-refractivity contribution in [3.05, 3.63) is 34.9 Å². The number of piperidine rings is 1. The lowest BCUT2D eigenvalue weighted by Crippen LogP contribution is -2.49. The van der Waals surface area contributed by atoms with E-state index < -0.39 is 0 Å². The van der Waals surface area contributed by atoms with E-state index in [1.807, 2.05) is 25.2 Å². The summed E-state index contributed by atoms with van der Waals surface area (Å²) >= 11 is 6.18. The number of guanidine groups is 1. The van der Waals surface area contributed by atoms with Gasteiger partial charge in [-0.15, -0.1) is 0 Å². The second kappa shape index (κ2) is 10.6. The number of hydrogen-bond donors (Lipinski definition) is 1. The molecule has 6 heteroatoms. The molecule has 0 spiro atoms. The predicted octanol–water partition coefficient (Wildman–Crippen LogP) is 4.24. The number of likely N-dealkylation sites (tertiary alicyclic amines) is 1. The predicted molar refractivity (Wildman–Crippen MR) is 120 cm³/mol. The Morgan fingerprint density at radius 2 is 2.07 bits per heavy atom. The van der Waals surface area contributed by atoms with Gasteiger partial charge >= 0.3 is 0 Å². The Bertz CT molecular complexity index is 666. The van der Waals surface area contributed by atoms with Crippen LogP contribution in [0.5, 0.6) is 0 Å². The van der Waals surface area contributed by atoms with Gasteiger partial charge < -0.3 is 19.7 Å². The Labute approximate surface area is 180 Å². The van der Waals surface area contributed by atoms with E-state index in [4.69, 9.17) is 21.1 Å². The first-order chi connectivity index (χ1) is 14.0. The summed E-state index contributed by atoms with van der Waals surface area (Å²) in [6, 6.07) is 8.11. The summed E-state index contributed by atoms with van der Waals surface area (Å²) in [5.74, 6) is 0.967. The first-order valence-electron chi connectivity index (χ1n) is 10.9. The van der Waals surface area contributed by atoms with Crippen molar-refractivity contribution in [3.63, 3.8) is 0 Å². The van der Waals surface area contributed by atoms with Crippen molar-refractivity contribution in [3.8, 4) is 0 Å². The molecule has 0 radical (unpaired) electrons. The number of benzene rings is 1. The van der Waals surface area contributed by atoms with Crippen LogP contribution in [0.15, 0.2) is 29.3 Å². The molecule has 29 heavy (non-hydrogen) atoms. The van der Waals surface area contributed by atoms with Crippen molar-refractivity contribution in [1.82, 2.24) is 10.2 Å². The normalized spacial score (nSPS) is 22.0. The van der Waals surface area contributed by atoms with Crippen molar-refractivity contribution < 1.29 is 9.47 Å². The van der Waals surface area contributed by atoms with Crippen molar-refractivity contribution in [1.29, 1.82) is 0 Å². The van der Waals surface area contributed by atoms with Gasteiger partial charge in [-0.05, 0) is 49.8 Å². The van der Waals surface area contributed by atoms with Crippen LogP contribution in [-0.4, -0.2) is 63.0 Å². The molecule has 2 aliphatic heterocycles. The molecule has 1 atom stereocenters. The van der Waals surface area contributed by atoms with Gasteiger partial charge in [-0.2, -0.15) is 0 Å². The van der Waals surface area contributed by atoms with Crippen molar-refractivity contribution in [2.45, 2.75) is 63.6 Å². The van der Waals surface area contributed by atoms with E-state index >= 15 is 0 Å². The molecule has 0 saturated carbocycles. The zero-order valence-electron chi connectivity index (χ0n) is 18.1. The monoisotopic (exact) mass is 421 g/mol. The minimum atomic E-state index is -0.0394. The highest BCUT2D eigenvalue weighted by Crippen LogP contribution is 2.25. The standard InChI is InChI=1S/C23H36ClN3O2/c1-23(2,18-7-6-8-19(24)15-18)17-26-22(25-3)27-12-10-20(11-13-27)29-16-21-9-4-5-14-28-21/h6-8,15,20-21H,4-5,9-14,16-17H2,1-3H3,(H,25,26). The summed E-state index contributed by atoms with van der Waals surface area (Å²) in [5.41, 5.74) is 1.19. The molecule has 1 N–H and O–H groups in total. The van der Waals surface area contributed by atoms with Gasteiger partial charge in [0, 0.05) is 43.7 Å². The Kier molecular flexibility index (Phi) is 8.22. The number of halogens is 1. The maximum atomic E-state index is 6.18. The van der Waals surface area contributed by atoms with Gasteiger partial charge in [-0.1, -0.05) is 37.6 Å². The summed E-state index contributed by atoms with van der Waals surface area (Å²) in [7, 11) is 1.86. The van der Waals surface area contributed by atoms with Gasteiger partial charge in [0.15, 0.2) is 5.96 Å². The zero-order chi connectivity index (χ0) is 20.7. The lowest BCUT2D eigenvalue weighted by Gasteiger charge is -2.36. The summed E-state index contributed by atoms with van der Waals surface area (Å²) in [6.07, 6.45) is 6.28. The molecule has 1 unspecified atom stereocenters. The van der Waals surface area contributed by atoms with Gasteiger partial charge in [0.2, 0.25) is 0 Å². The van der Waals surface area contributed by atoms with Crippen molar-refractivity contribution in [2.75, 3.05) is 39.9 Å². The molecule has 0 aliphatic carbocycles. The minimum Gasteiger partial charge on any atom is -0.376 e. The average molecular weight is 422 g/mol. The van der Waals surface area contributed by atoms with Gasteiger partial charge in [-0.3, -0.25) is 4.99 Å². The van der Waals surface area contributed by atoms with Crippen LogP contribution in [0.3, 0.4) is 0 Å². The highest BCUT2D eigenvalue weighted by Gasteiger charge is 2.26. The number of nitrogens with zero attached hydrogens (tertiary/aromatic N) is 2. The third kappa shape index (κ3) is 6.59. The molecule has 2 heterocycles. The minimum absolute atomic E-state index is 0.0394. The number of ether oxygens (including phenoxy) is 2. The molecule has 0 amide bonds. The van der Waals surface area contributed by atoms with Crippen LogP contribution in [0.4, 0.5) is 0 Å². The smallest absolute Gasteiger partial charge is 0.193 e. The molecule has 162 valence electrons. The zero-order valence-corrected chi connectivity index (χ0v) is 18.9. The SMILES string of the molecule is CN=C(NCC(C)(C)c1cccc(Cl)c1)N1CCC(OCC2CCCCO2)CC1. The van der Waals surface area contributed by atoms with Crippen LogP contribution in [0.25, 0.3) is 0 Å². The van der Waals surface area contributed by atoms with Crippen molar-refractivity contribution >= 4 is 17.6 Å². The van der Waals surface area contributed by atoms with E-state index in [1.54, 1.807) is 0 Å². The van der Waals surface area contributed by atoms with Crippen LogP contribution in [0.1, 0.15) is 51.5 Å². The fraction of sp³-hybridized carbons (Fsp3) is 0.696. The number of hydrogen-bond acceptors (Lipinski definition) is 3. The number of nitrogens with one attached hydrogen (secondary N) is 1. The third-order valence-electron chi connectivity index (χ3n) is 6.04. The van der Waals surface area contributed by atoms with Crippen LogP contribution in [-0.2, 0) is 14.9 Å². The van der Waals surface area contributed by atoms with Crippen LogP contribution < -0.4 is 5.32 Å². The third-order valence-corrected chi connectivity index (χ3v) is 6.27. The summed E-state index contributed by atoms with van der Waals surface area (Å²) in [6.45, 7) is 8.82. The largest absolute Gasteiger partial charge is 0.376 e. The van der Waals surface area contributed by atoms with E-state index in [2.05, 4.69) is 35.1 Å². The Balaban J connectivity index is 1.44. The van der Waals surface area contributed by atoms with E-state index in [9.17, 15) is 0 Å². The molecule has 1 aromatic carbocycles. The summed E-state index contributed by atoms with van der Waals surface area (Å²) in [5, 5.41) is 4.35. The maximum absolute atomic E-state index is 6.18. The fourth-order valence-corrected chi connectivity index (χ4v) is 4.25. The van der Waals surface area contributed by atoms with E-state index in [1.165, 1.54) is 18.4 Å². The number of rotatable bonds is 6. The molecule has 5 nitrogen and oxygen atoms in total. The lowest BCUT2D eigenvalue weighted by atomic mass is 9.84. The van der Waals surface area contributed by atoms with Crippen molar-refractivity contribution in [2.24, 2.45) is 4.99 Å². The molecule has 2 saturated heterocycles. The molecule has 3 rings (SSSR count). The Morgan fingerprint density at radius 1 is 1.28 bits per heavy atom. The fourth-order valence-electron chi connectivity index (χ4n) is 4.06. The second-order valence-electron chi connectivity index (χ2n) is 8.80. The quantitative estimate of drug-likeness (QED) is 0.551. The van der Waals surface area contributed by atoms with E-state index in [0.29, 0.717) is 12.2 Å². The highest BCUT2D eigenvalue weighted by atomic mass is 35.5. The Hall–Kier alpha value is -1.30. The molecule has 0 aromatic heterocycles. The molecule has 1 aromatic rings. The first kappa shape index (κ1) is 22.4. The first-order valence-corrected chi connectivity index (χ1v) is 11.3. The van der Waals surface area contributed by atoms with E-state index in [0.717, 1.165) is 63.1 Å². The molecular formula is C23H36ClN3O2. The number of aliphatic imine (C=N–C) groups is 1. The van der Waals surface area contributed by atoms with Gasteiger partial charge in [0.25, 0.3) is 0 Å². The molecular weight excluding hydrogens is 386 g/mol.